The van der Waals surface area contributed by atoms with E-state index in [1.807, 2.05) is 24.3 Å². The number of nitrogens with zero attached hydrogens (tertiary/aromatic N) is 3. The quantitative estimate of drug-likeness (QED) is 0.586. The maximum Gasteiger partial charge on any atom is 0.251 e. The van der Waals surface area contributed by atoms with Gasteiger partial charge in [-0.3, -0.25) is 4.79 Å². The van der Waals surface area contributed by atoms with Crippen molar-refractivity contribution in [2.45, 2.75) is 51.2 Å². The highest BCUT2D eigenvalue weighted by Crippen LogP contribution is 2.18. The van der Waals surface area contributed by atoms with E-state index in [4.69, 9.17) is 0 Å². The summed E-state index contributed by atoms with van der Waals surface area (Å²) in [6, 6.07) is 12.4. The third-order valence-corrected chi connectivity index (χ3v) is 6.25. The third kappa shape index (κ3) is 6.22. The molecule has 0 aliphatic rings. The molecule has 0 unspecified atom stereocenters. The van der Waals surface area contributed by atoms with Crippen LogP contribution in [0.5, 0.6) is 0 Å². The first-order chi connectivity index (χ1) is 14.5. The molecule has 3 rings (SSSR count). The molecule has 0 spiro atoms. The molecule has 0 aliphatic carbocycles. The van der Waals surface area contributed by atoms with Crippen molar-refractivity contribution in [3.63, 3.8) is 0 Å². The summed E-state index contributed by atoms with van der Waals surface area (Å²) in [6.45, 7) is 8.03. The van der Waals surface area contributed by atoms with Crippen LogP contribution in [0.15, 0.2) is 60.0 Å². The monoisotopic (exact) mass is 441 g/mol. The molecule has 9 heteroatoms. The SMILES string of the molecule is Cc1ccc(S(=O)(=O)NC(C)(C)C)cc1C(=O)NCc1ccc(Cn2cncn2)cc1. The topological polar surface area (TPSA) is 106 Å². The Labute approximate surface area is 182 Å². The Morgan fingerprint density at radius 3 is 2.35 bits per heavy atom. The minimum absolute atomic E-state index is 0.0654. The maximum absolute atomic E-state index is 12.7. The lowest BCUT2D eigenvalue weighted by molar-refractivity contribution is 0.0950. The highest BCUT2D eigenvalue weighted by molar-refractivity contribution is 7.89. The fraction of sp³-hybridized carbons (Fsp3) is 0.318. The molecular weight excluding hydrogens is 414 g/mol. The number of carbonyl (C=O) groups excluding carboxylic acids is 1. The average molecular weight is 442 g/mol. The van der Waals surface area contributed by atoms with E-state index in [1.54, 1.807) is 44.8 Å². The average Bonchev–Trinajstić information content (AvgIpc) is 3.18. The first-order valence-corrected chi connectivity index (χ1v) is 11.3. The second kappa shape index (κ2) is 8.99. The fourth-order valence-corrected chi connectivity index (χ4v) is 4.46. The Kier molecular flexibility index (Phi) is 6.56. The number of benzene rings is 2. The third-order valence-electron chi connectivity index (χ3n) is 4.49. The number of amides is 1. The van der Waals surface area contributed by atoms with Crippen LogP contribution in [0.4, 0.5) is 0 Å². The molecule has 0 fully saturated rings. The van der Waals surface area contributed by atoms with E-state index < -0.39 is 15.6 Å². The van der Waals surface area contributed by atoms with Crippen LogP contribution in [0.2, 0.25) is 0 Å². The van der Waals surface area contributed by atoms with Gasteiger partial charge in [0.25, 0.3) is 5.91 Å². The number of aryl methyl sites for hydroxylation is 1. The number of sulfonamides is 1. The fourth-order valence-electron chi connectivity index (χ4n) is 3.02. The lowest BCUT2D eigenvalue weighted by atomic mass is 10.1. The number of rotatable bonds is 7. The Hall–Kier alpha value is -3.04. The van der Waals surface area contributed by atoms with Crippen LogP contribution in [-0.4, -0.2) is 34.6 Å². The van der Waals surface area contributed by atoms with Crippen LogP contribution in [0.25, 0.3) is 0 Å². The Bertz CT molecular complexity index is 1150. The second-order valence-electron chi connectivity index (χ2n) is 8.42. The molecule has 0 radical (unpaired) electrons. The molecule has 2 aromatic carbocycles. The van der Waals surface area contributed by atoms with Gasteiger partial charge in [-0.15, -0.1) is 0 Å². The van der Waals surface area contributed by atoms with E-state index in [9.17, 15) is 13.2 Å². The van der Waals surface area contributed by atoms with Crippen molar-refractivity contribution in [3.05, 3.63) is 77.4 Å². The van der Waals surface area contributed by atoms with Gasteiger partial charge in [0.1, 0.15) is 12.7 Å². The molecule has 1 aromatic heterocycles. The lowest BCUT2D eigenvalue weighted by Crippen LogP contribution is -2.40. The van der Waals surface area contributed by atoms with E-state index >= 15 is 0 Å². The number of nitrogens with one attached hydrogen (secondary N) is 2. The van der Waals surface area contributed by atoms with Gasteiger partial charge >= 0.3 is 0 Å². The number of hydrogen-bond acceptors (Lipinski definition) is 5. The first-order valence-electron chi connectivity index (χ1n) is 9.86. The Morgan fingerprint density at radius 1 is 1.06 bits per heavy atom. The molecule has 0 aliphatic heterocycles. The molecule has 0 saturated carbocycles. The van der Waals surface area contributed by atoms with Gasteiger partial charge in [0.15, 0.2) is 0 Å². The molecule has 0 atom stereocenters. The van der Waals surface area contributed by atoms with Gasteiger partial charge in [0.05, 0.1) is 11.4 Å². The summed E-state index contributed by atoms with van der Waals surface area (Å²) in [6.07, 6.45) is 3.15. The number of carbonyl (C=O) groups is 1. The van der Waals surface area contributed by atoms with E-state index in [-0.39, 0.29) is 10.8 Å². The van der Waals surface area contributed by atoms with Crippen molar-refractivity contribution in [1.82, 2.24) is 24.8 Å². The van der Waals surface area contributed by atoms with Crippen molar-refractivity contribution in [2.75, 3.05) is 0 Å². The minimum Gasteiger partial charge on any atom is -0.348 e. The van der Waals surface area contributed by atoms with Crippen molar-refractivity contribution < 1.29 is 13.2 Å². The van der Waals surface area contributed by atoms with Crippen LogP contribution in [0.3, 0.4) is 0 Å². The minimum atomic E-state index is -3.73. The van der Waals surface area contributed by atoms with Crippen LogP contribution in [0, 0.1) is 6.92 Å². The summed E-state index contributed by atoms with van der Waals surface area (Å²) < 4.78 is 29.5. The summed E-state index contributed by atoms with van der Waals surface area (Å²) in [5.74, 6) is -0.322. The van der Waals surface area contributed by atoms with Gasteiger partial charge < -0.3 is 5.32 Å². The predicted molar refractivity (Wildman–Crippen MR) is 118 cm³/mol. The van der Waals surface area contributed by atoms with Crippen LogP contribution in [-0.2, 0) is 23.1 Å². The van der Waals surface area contributed by atoms with Crippen LogP contribution in [0.1, 0.15) is 47.8 Å². The standard InChI is InChI=1S/C22H27N5O3S/c1-16-5-10-19(31(29,30)26-22(2,3)4)11-20(16)21(28)24-12-17-6-8-18(9-7-17)13-27-15-23-14-25-27/h5-11,14-15,26H,12-13H2,1-4H3,(H,24,28). The van der Waals surface area contributed by atoms with Crippen molar-refractivity contribution in [2.24, 2.45) is 0 Å². The molecule has 0 bridgehead atoms. The molecule has 1 heterocycles. The van der Waals surface area contributed by atoms with Gasteiger partial charge in [-0.25, -0.2) is 22.8 Å². The Morgan fingerprint density at radius 2 is 1.74 bits per heavy atom. The summed E-state index contributed by atoms with van der Waals surface area (Å²) in [4.78, 5) is 16.7. The van der Waals surface area contributed by atoms with E-state index in [1.165, 1.54) is 18.5 Å². The van der Waals surface area contributed by atoms with Crippen molar-refractivity contribution in [1.29, 1.82) is 0 Å². The predicted octanol–water partition coefficient (Wildman–Crippen LogP) is 2.64. The lowest BCUT2D eigenvalue weighted by Gasteiger charge is -2.20. The second-order valence-corrected chi connectivity index (χ2v) is 10.1. The molecule has 164 valence electrons. The number of aromatic nitrogens is 3. The number of hydrogen-bond donors (Lipinski definition) is 2. The summed E-state index contributed by atoms with van der Waals surface area (Å²) in [7, 11) is -3.73. The normalized spacial score (nSPS) is 12.0. The largest absolute Gasteiger partial charge is 0.348 e. The van der Waals surface area contributed by atoms with Crippen LogP contribution >= 0.6 is 0 Å². The van der Waals surface area contributed by atoms with E-state index in [2.05, 4.69) is 20.1 Å². The van der Waals surface area contributed by atoms with Gasteiger partial charge in [0, 0.05) is 17.6 Å². The molecule has 2 N–H and O–H groups in total. The zero-order chi connectivity index (χ0) is 22.6. The van der Waals surface area contributed by atoms with Gasteiger partial charge in [0.2, 0.25) is 10.0 Å². The summed E-state index contributed by atoms with van der Waals surface area (Å²) in [5.41, 5.74) is 2.42. The molecule has 31 heavy (non-hydrogen) atoms. The summed E-state index contributed by atoms with van der Waals surface area (Å²) in [5, 5.41) is 6.95. The van der Waals surface area contributed by atoms with E-state index in [0.29, 0.717) is 24.2 Å². The zero-order valence-electron chi connectivity index (χ0n) is 18.1. The van der Waals surface area contributed by atoms with Gasteiger partial charge in [-0.05, 0) is 56.5 Å². The smallest absolute Gasteiger partial charge is 0.251 e. The zero-order valence-corrected chi connectivity index (χ0v) is 18.9. The molecule has 3 aromatic rings. The first kappa shape index (κ1) is 22.6. The van der Waals surface area contributed by atoms with Crippen LogP contribution < -0.4 is 10.0 Å². The molecule has 8 nitrogen and oxygen atoms in total. The maximum atomic E-state index is 12.7. The highest BCUT2D eigenvalue weighted by Gasteiger charge is 2.23. The Balaban J connectivity index is 1.67. The summed E-state index contributed by atoms with van der Waals surface area (Å²) >= 11 is 0. The van der Waals surface area contributed by atoms with Gasteiger partial charge in [-0.2, -0.15) is 5.10 Å². The van der Waals surface area contributed by atoms with Crippen molar-refractivity contribution in [3.8, 4) is 0 Å². The van der Waals surface area contributed by atoms with E-state index in [0.717, 1.165) is 11.1 Å². The molecule has 1 amide bonds. The van der Waals surface area contributed by atoms with Crippen molar-refractivity contribution >= 4 is 15.9 Å². The van der Waals surface area contributed by atoms with Gasteiger partial charge in [-0.1, -0.05) is 30.3 Å². The highest BCUT2D eigenvalue weighted by atomic mass is 32.2. The molecule has 0 saturated heterocycles. The molecular formula is C22H27N5O3S.